The van der Waals surface area contributed by atoms with E-state index >= 15 is 0 Å². The summed E-state index contributed by atoms with van der Waals surface area (Å²) in [6, 6.07) is 66.4. The van der Waals surface area contributed by atoms with E-state index in [9.17, 15) is 0 Å². The highest BCUT2D eigenvalue weighted by Gasteiger charge is 2.20. The Labute approximate surface area is 294 Å². The predicted octanol–water partition coefficient (Wildman–Crippen LogP) is 14.4. The van der Waals surface area contributed by atoms with Crippen LogP contribution in [0, 0.1) is 0 Å². The van der Waals surface area contributed by atoms with Crippen molar-refractivity contribution in [3.8, 4) is 33.4 Å². The first-order valence-electron chi connectivity index (χ1n) is 17.6. The van der Waals surface area contributed by atoms with Crippen LogP contribution in [0.25, 0.3) is 109 Å². The molecule has 0 aliphatic carbocycles. The molecule has 51 heavy (non-hydrogen) atoms. The molecule has 1 heteroatoms. The van der Waals surface area contributed by atoms with E-state index < -0.39 is 0 Å². The molecule has 0 bridgehead atoms. The smallest absolute Gasteiger partial charge is 0.136 e. The third-order valence-corrected chi connectivity index (χ3v) is 10.8. The average molecular weight is 647 g/mol. The van der Waals surface area contributed by atoms with Crippen LogP contribution in [-0.2, 0) is 0 Å². The SMILES string of the molecule is c1ccc2cc(-c3ccc(-c4c5ccccc5c(-c5ccc6c(c5)oc5cc7ccccc7cc56)c5ccccc45)c4ccccc34)ccc2c1. The van der Waals surface area contributed by atoms with Crippen molar-refractivity contribution in [2.75, 3.05) is 0 Å². The summed E-state index contributed by atoms with van der Waals surface area (Å²) >= 11 is 0. The summed E-state index contributed by atoms with van der Waals surface area (Å²) in [5.41, 5.74) is 9.20. The monoisotopic (exact) mass is 646 g/mol. The summed E-state index contributed by atoms with van der Waals surface area (Å²) in [5, 5.41) is 14.7. The molecule has 0 aliphatic rings. The first-order valence-corrected chi connectivity index (χ1v) is 17.6. The van der Waals surface area contributed by atoms with Crippen molar-refractivity contribution >= 4 is 75.8 Å². The lowest BCUT2D eigenvalue weighted by Gasteiger charge is -2.19. The van der Waals surface area contributed by atoms with Gasteiger partial charge < -0.3 is 4.42 Å². The predicted molar refractivity (Wildman–Crippen MR) is 218 cm³/mol. The second-order valence-corrected chi connectivity index (χ2v) is 13.6. The highest BCUT2D eigenvalue weighted by Crippen LogP contribution is 2.47. The number of fused-ring (bicyclic) bond motifs is 8. The Morgan fingerprint density at radius 2 is 0.745 bits per heavy atom. The molecule has 1 aromatic heterocycles. The molecule has 11 aromatic rings. The summed E-state index contributed by atoms with van der Waals surface area (Å²) in [5.74, 6) is 0. The standard InChI is InChI=1S/C50H30O/c1-2-12-32-27-35(22-21-31(32)11-1)37-25-26-45(39-16-6-5-15-38(37)39)50-43-19-9-7-17-41(43)49(42-18-8-10-20-44(42)50)36-23-24-40-46-28-33-13-3-4-14-34(33)29-48(46)51-47(40)30-36/h1-30H. The van der Waals surface area contributed by atoms with Gasteiger partial charge in [0.15, 0.2) is 0 Å². The minimum Gasteiger partial charge on any atom is -0.456 e. The van der Waals surface area contributed by atoms with E-state index in [4.69, 9.17) is 4.42 Å². The zero-order chi connectivity index (χ0) is 33.5. The minimum atomic E-state index is 0.908. The van der Waals surface area contributed by atoms with Crippen LogP contribution in [0.2, 0.25) is 0 Å². The van der Waals surface area contributed by atoms with Gasteiger partial charge >= 0.3 is 0 Å². The highest BCUT2D eigenvalue weighted by molar-refractivity contribution is 6.24. The Bertz CT molecular complexity index is 3140. The van der Waals surface area contributed by atoms with E-state index in [1.165, 1.54) is 81.7 Å². The van der Waals surface area contributed by atoms with Crippen molar-refractivity contribution in [1.29, 1.82) is 0 Å². The van der Waals surface area contributed by atoms with Crippen LogP contribution in [0.3, 0.4) is 0 Å². The largest absolute Gasteiger partial charge is 0.456 e. The third-order valence-electron chi connectivity index (χ3n) is 10.8. The van der Waals surface area contributed by atoms with Gasteiger partial charge in [-0.25, -0.2) is 0 Å². The lowest BCUT2D eigenvalue weighted by Crippen LogP contribution is -1.92. The van der Waals surface area contributed by atoms with Crippen LogP contribution in [0.4, 0.5) is 0 Å². The van der Waals surface area contributed by atoms with Gasteiger partial charge in [-0.1, -0.05) is 152 Å². The van der Waals surface area contributed by atoms with Crippen LogP contribution in [0.5, 0.6) is 0 Å². The van der Waals surface area contributed by atoms with Crippen molar-refractivity contribution in [2.24, 2.45) is 0 Å². The van der Waals surface area contributed by atoms with Gasteiger partial charge in [-0.2, -0.15) is 0 Å². The number of rotatable bonds is 3. The molecule has 0 aliphatic heterocycles. The maximum Gasteiger partial charge on any atom is 0.136 e. The van der Waals surface area contributed by atoms with Crippen LogP contribution in [-0.4, -0.2) is 0 Å². The molecular formula is C50H30O. The zero-order valence-corrected chi connectivity index (χ0v) is 27.7. The summed E-state index contributed by atoms with van der Waals surface area (Å²) in [6.45, 7) is 0. The van der Waals surface area contributed by atoms with E-state index in [2.05, 4.69) is 182 Å². The maximum absolute atomic E-state index is 6.56. The summed E-state index contributed by atoms with van der Waals surface area (Å²) < 4.78 is 6.56. The van der Waals surface area contributed by atoms with E-state index in [0.29, 0.717) is 0 Å². The molecule has 0 unspecified atom stereocenters. The van der Waals surface area contributed by atoms with E-state index in [1.54, 1.807) is 0 Å². The van der Waals surface area contributed by atoms with Crippen LogP contribution in [0.15, 0.2) is 186 Å². The number of hydrogen-bond donors (Lipinski definition) is 0. The second-order valence-electron chi connectivity index (χ2n) is 13.6. The zero-order valence-electron chi connectivity index (χ0n) is 27.7. The lowest BCUT2D eigenvalue weighted by molar-refractivity contribution is 0.669. The van der Waals surface area contributed by atoms with Crippen molar-refractivity contribution in [3.05, 3.63) is 182 Å². The highest BCUT2D eigenvalue weighted by atomic mass is 16.3. The first kappa shape index (κ1) is 28.2. The van der Waals surface area contributed by atoms with Gasteiger partial charge in [0.05, 0.1) is 0 Å². The Morgan fingerprint density at radius 3 is 1.43 bits per heavy atom. The molecule has 10 aromatic carbocycles. The Morgan fingerprint density at radius 1 is 0.255 bits per heavy atom. The summed E-state index contributed by atoms with van der Waals surface area (Å²) in [7, 11) is 0. The lowest BCUT2D eigenvalue weighted by atomic mass is 9.83. The molecule has 0 spiro atoms. The average Bonchev–Trinajstić information content (AvgIpc) is 3.55. The quantitative estimate of drug-likeness (QED) is 0.174. The van der Waals surface area contributed by atoms with Gasteiger partial charge in [-0.15, -0.1) is 0 Å². The fourth-order valence-electron chi connectivity index (χ4n) is 8.47. The van der Waals surface area contributed by atoms with Gasteiger partial charge in [0.25, 0.3) is 0 Å². The molecule has 1 heterocycles. The molecule has 1 nitrogen and oxygen atoms in total. The second kappa shape index (κ2) is 10.9. The van der Waals surface area contributed by atoms with E-state index in [1.807, 2.05) is 0 Å². The van der Waals surface area contributed by atoms with Gasteiger partial charge in [0.1, 0.15) is 11.2 Å². The van der Waals surface area contributed by atoms with Crippen LogP contribution >= 0.6 is 0 Å². The van der Waals surface area contributed by atoms with Crippen molar-refractivity contribution < 1.29 is 4.42 Å². The molecule has 0 radical (unpaired) electrons. The summed E-state index contributed by atoms with van der Waals surface area (Å²) in [6.07, 6.45) is 0. The topological polar surface area (TPSA) is 13.1 Å². The third kappa shape index (κ3) is 4.28. The molecule has 0 saturated heterocycles. The van der Waals surface area contributed by atoms with Crippen molar-refractivity contribution in [2.45, 2.75) is 0 Å². The minimum absolute atomic E-state index is 0.908. The molecule has 0 saturated carbocycles. The number of furan rings is 1. The van der Waals surface area contributed by atoms with E-state index in [0.717, 1.165) is 27.5 Å². The Balaban J connectivity index is 1.16. The molecular weight excluding hydrogens is 617 g/mol. The van der Waals surface area contributed by atoms with Crippen molar-refractivity contribution in [1.82, 2.24) is 0 Å². The Hall–Kier alpha value is -6.70. The molecule has 0 atom stereocenters. The normalized spacial score (nSPS) is 11.9. The van der Waals surface area contributed by atoms with Crippen LogP contribution < -0.4 is 0 Å². The molecule has 0 fully saturated rings. The molecule has 0 N–H and O–H groups in total. The first-order chi connectivity index (χ1) is 25.3. The molecule has 236 valence electrons. The van der Waals surface area contributed by atoms with Gasteiger partial charge in [0.2, 0.25) is 0 Å². The van der Waals surface area contributed by atoms with Gasteiger partial charge in [-0.3, -0.25) is 0 Å². The number of benzene rings is 10. The van der Waals surface area contributed by atoms with Crippen LogP contribution in [0.1, 0.15) is 0 Å². The van der Waals surface area contributed by atoms with Gasteiger partial charge in [0, 0.05) is 10.8 Å². The fourth-order valence-corrected chi connectivity index (χ4v) is 8.47. The Kier molecular flexibility index (Phi) is 6.02. The van der Waals surface area contributed by atoms with Gasteiger partial charge in [-0.05, 0) is 118 Å². The fraction of sp³-hybridized carbons (Fsp3) is 0. The molecule has 11 rings (SSSR count). The van der Waals surface area contributed by atoms with E-state index in [-0.39, 0.29) is 0 Å². The maximum atomic E-state index is 6.56. The van der Waals surface area contributed by atoms with Crippen molar-refractivity contribution in [3.63, 3.8) is 0 Å². The number of hydrogen-bond acceptors (Lipinski definition) is 1. The summed E-state index contributed by atoms with van der Waals surface area (Å²) in [4.78, 5) is 0. The molecule has 0 amide bonds.